The number of benzene rings is 2. The molecule has 5 nitrogen and oxygen atoms in total. The van der Waals surface area contributed by atoms with Crippen molar-refractivity contribution in [2.24, 2.45) is 5.41 Å². The van der Waals surface area contributed by atoms with E-state index in [0.29, 0.717) is 5.15 Å². The largest absolute Gasteiger partial charge is 0.396 e. The molecule has 6 rings (SSSR count). The lowest BCUT2D eigenvalue weighted by molar-refractivity contribution is 0.0188. The van der Waals surface area contributed by atoms with E-state index in [4.69, 9.17) is 21.6 Å². The third-order valence-electron chi connectivity index (χ3n) is 7.38. The molecule has 3 aromatic heterocycles. The summed E-state index contributed by atoms with van der Waals surface area (Å²) in [6.45, 7) is 2.37. The Kier molecular flexibility index (Phi) is 5.12. The van der Waals surface area contributed by atoms with Crippen LogP contribution in [0.4, 0.5) is 0 Å². The number of rotatable bonds is 5. The zero-order chi connectivity index (χ0) is 23.3. The molecular weight excluding hydrogens is 444 g/mol. The van der Waals surface area contributed by atoms with Crippen molar-refractivity contribution in [2.45, 2.75) is 32.1 Å². The highest BCUT2D eigenvalue weighted by Crippen LogP contribution is 2.53. The average molecular weight is 469 g/mol. The van der Waals surface area contributed by atoms with Crippen LogP contribution in [0.3, 0.4) is 0 Å². The van der Waals surface area contributed by atoms with Crippen molar-refractivity contribution >= 4 is 28.0 Å². The van der Waals surface area contributed by atoms with Gasteiger partial charge in [0.2, 0.25) is 0 Å². The number of fused-ring (bicyclic) bond motifs is 2. The molecule has 170 valence electrons. The highest BCUT2D eigenvalue weighted by Gasteiger charge is 2.45. The minimum Gasteiger partial charge on any atom is -0.396 e. The number of aromatic nitrogens is 4. The smallest absolute Gasteiger partial charge is 0.155 e. The van der Waals surface area contributed by atoms with Gasteiger partial charge in [-0.05, 0) is 36.8 Å². The molecule has 0 radical (unpaired) electrons. The zero-order valence-electron chi connectivity index (χ0n) is 18.9. The van der Waals surface area contributed by atoms with E-state index in [1.54, 1.807) is 6.20 Å². The first-order valence-corrected chi connectivity index (χ1v) is 12.1. The maximum atomic E-state index is 9.88. The van der Waals surface area contributed by atoms with Crippen LogP contribution < -0.4 is 0 Å². The van der Waals surface area contributed by atoms with Gasteiger partial charge >= 0.3 is 0 Å². The minimum absolute atomic E-state index is 0.00813. The van der Waals surface area contributed by atoms with E-state index in [1.807, 2.05) is 24.4 Å². The number of aliphatic hydroxyl groups excluding tert-OH is 1. The van der Waals surface area contributed by atoms with E-state index in [-0.39, 0.29) is 17.9 Å². The first-order chi connectivity index (χ1) is 16.6. The Bertz CT molecular complexity index is 1500. The molecule has 0 amide bonds. The fourth-order valence-corrected chi connectivity index (χ4v) is 5.48. The summed E-state index contributed by atoms with van der Waals surface area (Å²) in [5.41, 5.74) is 5.55. The Morgan fingerprint density at radius 2 is 1.82 bits per heavy atom. The maximum Gasteiger partial charge on any atom is 0.155 e. The van der Waals surface area contributed by atoms with Crippen LogP contribution in [-0.2, 0) is 0 Å². The van der Waals surface area contributed by atoms with Gasteiger partial charge in [-0.2, -0.15) is 0 Å². The van der Waals surface area contributed by atoms with E-state index < -0.39 is 0 Å². The Labute approximate surface area is 203 Å². The third-order valence-corrected chi connectivity index (χ3v) is 7.66. The monoisotopic (exact) mass is 468 g/mol. The molecule has 34 heavy (non-hydrogen) atoms. The molecule has 0 aliphatic heterocycles. The highest BCUT2D eigenvalue weighted by atomic mass is 35.5. The summed E-state index contributed by atoms with van der Waals surface area (Å²) in [6, 6.07) is 20.6. The number of imidazole rings is 1. The van der Waals surface area contributed by atoms with E-state index in [2.05, 4.69) is 58.8 Å². The number of hydrogen-bond acceptors (Lipinski definition) is 4. The lowest BCUT2D eigenvalue weighted by Crippen LogP contribution is -2.39. The summed E-state index contributed by atoms with van der Waals surface area (Å²) in [5.74, 6) is 1.27. The Morgan fingerprint density at radius 1 is 1.03 bits per heavy atom. The number of pyridine rings is 1. The molecule has 6 heteroatoms. The molecule has 3 heterocycles. The fraction of sp³-hybridized carbons (Fsp3) is 0.250. The van der Waals surface area contributed by atoms with E-state index in [1.165, 1.54) is 0 Å². The van der Waals surface area contributed by atoms with Gasteiger partial charge in [0.1, 0.15) is 11.3 Å². The molecule has 1 N–H and O–H groups in total. The molecule has 0 spiro atoms. The maximum absolute atomic E-state index is 9.88. The molecular formula is C28H25ClN4O. The SMILES string of the molecule is CCC1(CO)CC(c2nc(-c3ccc4ccc(-c5ccccc5)nc4c3)c3c(Cl)nccn23)C1. The van der Waals surface area contributed by atoms with Crippen LogP contribution in [0.25, 0.3) is 38.9 Å². The topological polar surface area (TPSA) is 63.3 Å². The van der Waals surface area contributed by atoms with Crippen molar-refractivity contribution in [1.29, 1.82) is 0 Å². The van der Waals surface area contributed by atoms with Gasteiger partial charge in [-0.3, -0.25) is 4.40 Å². The minimum atomic E-state index is 0.00813. The lowest BCUT2D eigenvalue weighted by Gasteiger charge is -2.45. The summed E-state index contributed by atoms with van der Waals surface area (Å²) in [4.78, 5) is 14.4. The molecule has 2 aromatic carbocycles. The zero-order valence-corrected chi connectivity index (χ0v) is 19.7. The van der Waals surface area contributed by atoms with Crippen LogP contribution >= 0.6 is 11.6 Å². The van der Waals surface area contributed by atoms with Crippen LogP contribution in [-0.4, -0.2) is 31.1 Å². The molecule has 0 bridgehead atoms. The van der Waals surface area contributed by atoms with Gasteiger partial charge < -0.3 is 5.11 Å². The molecule has 0 atom stereocenters. The number of aliphatic hydroxyl groups is 1. The van der Waals surface area contributed by atoms with Gasteiger partial charge in [-0.15, -0.1) is 0 Å². The third kappa shape index (κ3) is 3.39. The van der Waals surface area contributed by atoms with Crippen LogP contribution in [0.1, 0.15) is 37.9 Å². The summed E-state index contributed by atoms with van der Waals surface area (Å²) in [7, 11) is 0. The highest BCUT2D eigenvalue weighted by molar-refractivity contribution is 6.33. The van der Waals surface area contributed by atoms with Crippen molar-refractivity contribution < 1.29 is 5.11 Å². The van der Waals surface area contributed by atoms with Crippen LogP contribution in [0.15, 0.2) is 73.1 Å². The number of hydrogen-bond donors (Lipinski definition) is 1. The van der Waals surface area contributed by atoms with Crippen LogP contribution in [0.2, 0.25) is 5.15 Å². The van der Waals surface area contributed by atoms with Crippen molar-refractivity contribution in [3.8, 4) is 22.5 Å². The molecule has 1 aliphatic rings. The predicted molar refractivity (Wildman–Crippen MR) is 136 cm³/mol. The van der Waals surface area contributed by atoms with Gasteiger partial charge in [-0.1, -0.05) is 67.1 Å². The summed E-state index contributed by atoms with van der Waals surface area (Å²) in [5, 5.41) is 11.4. The summed E-state index contributed by atoms with van der Waals surface area (Å²) < 4.78 is 2.07. The lowest BCUT2D eigenvalue weighted by atomic mass is 9.61. The van der Waals surface area contributed by atoms with Crippen LogP contribution in [0.5, 0.6) is 0 Å². The first kappa shape index (κ1) is 21.3. The second kappa shape index (κ2) is 8.19. The summed E-state index contributed by atoms with van der Waals surface area (Å²) >= 11 is 6.60. The van der Waals surface area contributed by atoms with E-state index >= 15 is 0 Å². The van der Waals surface area contributed by atoms with Gasteiger partial charge in [0.25, 0.3) is 0 Å². The molecule has 1 aliphatic carbocycles. The molecule has 1 fully saturated rings. The van der Waals surface area contributed by atoms with E-state index in [9.17, 15) is 5.11 Å². The van der Waals surface area contributed by atoms with Crippen LogP contribution in [0, 0.1) is 5.41 Å². The van der Waals surface area contributed by atoms with Crippen molar-refractivity contribution in [1.82, 2.24) is 19.4 Å². The number of halogens is 1. The first-order valence-electron chi connectivity index (χ1n) is 11.7. The molecule has 0 unspecified atom stereocenters. The molecule has 1 saturated carbocycles. The second-order valence-electron chi connectivity index (χ2n) is 9.34. The molecule has 5 aromatic rings. The average Bonchev–Trinajstić information content (AvgIpc) is 3.25. The predicted octanol–water partition coefficient (Wildman–Crippen LogP) is 6.53. The number of nitrogens with zero attached hydrogens (tertiary/aromatic N) is 4. The van der Waals surface area contributed by atoms with Crippen molar-refractivity contribution in [2.75, 3.05) is 6.61 Å². The Hall–Kier alpha value is -3.28. The van der Waals surface area contributed by atoms with Gasteiger partial charge in [-0.25, -0.2) is 15.0 Å². The quantitative estimate of drug-likeness (QED) is 0.318. The van der Waals surface area contributed by atoms with Gasteiger partial charge in [0.05, 0.1) is 16.9 Å². The normalized spacial score (nSPS) is 20.0. The van der Waals surface area contributed by atoms with Crippen molar-refractivity contribution in [3.05, 3.63) is 84.0 Å². The molecule has 0 saturated heterocycles. The van der Waals surface area contributed by atoms with Crippen molar-refractivity contribution in [3.63, 3.8) is 0 Å². The summed E-state index contributed by atoms with van der Waals surface area (Å²) in [6.07, 6.45) is 6.48. The van der Waals surface area contributed by atoms with Gasteiger partial charge in [0, 0.05) is 41.4 Å². The fourth-order valence-electron chi connectivity index (χ4n) is 5.25. The Balaban J connectivity index is 1.46. The second-order valence-corrected chi connectivity index (χ2v) is 9.70. The Morgan fingerprint density at radius 3 is 2.59 bits per heavy atom. The van der Waals surface area contributed by atoms with E-state index in [0.717, 1.165) is 64.0 Å². The van der Waals surface area contributed by atoms with Gasteiger partial charge in [0.15, 0.2) is 5.15 Å². The standard InChI is InChI=1S/C28H25ClN4O/c1-2-28(17-34)15-21(16-28)27-32-24(25-26(29)30-12-13-33(25)27)20-9-8-19-10-11-22(31-23(19)14-20)18-6-4-3-5-7-18/h3-14,21,34H,2,15-17H2,1H3.